The Morgan fingerprint density at radius 2 is 2.10 bits per heavy atom. The number of sulfone groups is 1. The first-order valence-corrected chi connectivity index (χ1v) is 8.97. The number of nitrogens with one attached hydrogen (secondary N) is 2. The molecule has 5 nitrogen and oxygen atoms in total. The third-order valence-corrected chi connectivity index (χ3v) is 5.71. The summed E-state index contributed by atoms with van der Waals surface area (Å²) in [5.41, 5.74) is 0.233. The van der Waals surface area contributed by atoms with Crippen molar-refractivity contribution in [3.8, 4) is 0 Å². The van der Waals surface area contributed by atoms with E-state index in [1.54, 1.807) is 25.1 Å². The van der Waals surface area contributed by atoms with Crippen molar-refractivity contribution in [2.45, 2.75) is 43.7 Å². The first-order chi connectivity index (χ1) is 9.95. The third kappa shape index (κ3) is 3.63. The lowest BCUT2D eigenvalue weighted by Gasteiger charge is -2.30. The van der Waals surface area contributed by atoms with Crippen LogP contribution in [0.2, 0.25) is 0 Å². The highest BCUT2D eigenvalue weighted by atomic mass is 32.2. The van der Waals surface area contributed by atoms with Crippen molar-refractivity contribution in [3.05, 3.63) is 29.8 Å². The van der Waals surface area contributed by atoms with Gasteiger partial charge in [0.15, 0.2) is 9.84 Å². The molecular formula is C15H22N2O3S. The van der Waals surface area contributed by atoms with Gasteiger partial charge < -0.3 is 10.6 Å². The number of benzene rings is 1. The van der Waals surface area contributed by atoms with Crippen LogP contribution in [0.1, 0.15) is 37.0 Å². The van der Waals surface area contributed by atoms with Crippen LogP contribution >= 0.6 is 0 Å². The molecular weight excluding hydrogens is 288 g/mol. The predicted molar refractivity (Wildman–Crippen MR) is 82.1 cm³/mol. The molecule has 0 saturated carbocycles. The average Bonchev–Trinajstić information content (AvgIpc) is 2.49. The predicted octanol–water partition coefficient (Wildman–Crippen LogP) is 1.35. The monoisotopic (exact) mass is 310 g/mol. The van der Waals surface area contributed by atoms with Gasteiger partial charge in [-0.25, -0.2) is 8.42 Å². The molecule has 1 fully saturated rings. The molecule has 0 spiro atoms. The smallest absolute Gasteiger partial charge is 0.252 e. The van der Waals surface area contributed by atoms with Crippen molar-refractivity contribution in [3.63, 3.8) is 0 Å². The van der Waals surface area contributed by atoms with Crippen LogP contribution in [0.25, 0.3) is 0 Å². The van der Waals surface area contributed by atoms with Crippen LogP contribution in [-0.4, -0.2) is 38.7 Å². The molecule has 0 radical (unpaired) electrons. The number of piperidine rings is 1. The van der Waals surface area contributed by atoms with Gasteiger partial charge in [-0.1, -0.05) is 19.1 Å². The van der Waals surface area contributed by atoms with Gasteiger partial charge >= 0.3 is 0 Å². The second kappa shape index (κ2) is 6.58. The molecule has 1 heterocycles. The Balaban J connectivity index is 2.24. The van der Waals surface area contributed by atoms with Crippen LogP contribution in [0.4, 0.5) is 0 Å². The van der Waals surface area contributed by atoms with Crippen molar-refractivity contribution in [1.29, 1.82) is 0 Å². The van der Waals surface area contributed by atoms with Crippen LogP contribution in [0.5, 0.6) is 0 Å². The quantitative estimate of drug-likeness (QED) is 0.880. The molecule has 1 saturated heterocycles. The number of carbonyl (C=O) groups is 1. The van der Waals surface area contributed by atoms with Crippen LogP contribution < -0.4 is 10.6 Å². The zero-order valence-electron chi connectivity index (χ0n) is 12.4. The fourth-order valence-electron chi connectivity index (χ4n) is 2.57. The summed E-state index contributed by atoms with van der Waals surface area (Å²) in [6.07, 6.45) is 1.91. The molecule has 2 rings (SSSR count). The zero-order valence-corrected chi connectivity index (χ0v) is 13.2. The molecule has 2 N–H and O–H groups in total. The van der Waals surface area contributed by atoms with Gasteiger partial charge in [0.1, 0.15) is 0 Å². The maximum absolute atomic E-state index is 12.4. The van der Waals surface area contributed by atoms with E-state index < -0.39 is 9.84 Å². The maximum Gasteiger partial charge on any atom is 0.252 e. The van der Waals surface area contributed by atoms with Crippen molar-refractivity contribution in [1.82, 2.24) is 10.6 Å². The van der Waals surface area contributed by atoms with Gasteiger partial charge in [0.2, 0.25) is 0 Å². The van der Waals surface area contributed by atoms with Crippen molar-refractivity contribution in [2.24, 2.45) is 0 Å². The summed E-state index contributed by atoms with van der Waals surface area (Å²) in [7, 11) is -3.40. The minimum absolute atomic E-state index is 0.0152. The number of amides is 1. The second-order valence-electron chi connectivity index (χ2n) is 5.36. The maximum atomic E-state index is 12.4. The summed E-state index contributed by atoms with van der Waals surface area (Å²) in [4.78, 5) is 12.6. The largest absolute Gasteiger partial charge is 0.348 e. The lowest BCUT2D eigenvalue weighted by atomic mass is 9.99. The lowest BCUT2D eigenvalue weighted by molar-refractivity contribution is 0.0916. The first-order valence-electron chi connectivity index (χ1n) is 7.31. The van der Waals surface area contributed by atoms with Gasteiger partial charge in [-0.15, -0.1) is 0 Å². The molecule has 1 aromatic rings. The summed E-state index contributed by atoms with van der Waals surface area (Å²) in [5.74, 6) is -0.332. The van der Waals surface area contributed by atoms with E-state index >= 15 is 0 Å². The van der Waals surface area contributed by atoms with E-state index in [0.29, 0.717) is 0 Å². The highest BCUT2D eigenvalue weighted by Gasteiger charge is 2.26. The Hall–Kier alpha value is -1.40. The second-order valence-corrected chi connectivity index (χ2v) is 7.61. The summed E-state index contributed by atoms with van der Waals surface area (Å²) < 4.78 is 24.2. The highest BCUT2D eigenvalue weighted by molar-refractivity contribution is 7.91. The van der Waals surface area contributed by atoms with E-state index in [1.807, 2.05) is 6.92 Å². The van der Waals surface area contributed by atoms with E-state index in [1.165, 1.54) is 6.07 Å². The topological polar surface area (TPSA) is 75.3 Å². The molecule has 0 aliphatic carbocycles. The number of rotatable bonds is 4. The average molecular weight is 310 g/mol. The van der Waals surface area contributed by atoms with Gasteiger partial charge in [0.25, 0.3) is 5.91 Å². The molecule has 0 aromatic heterocycles. The van der Waals surface area contributed by atoms with Crippen molar-refractivity contribution >= 4 is 15.7 Å². The van der Waals surface area contributed by atoms with Crippen molar-refractivity contribution in [2.75, 3.05) is 12.3 Å². The summed E-state index contributed by atoms with van der Waals surface area (Å²) in [6.45, 7) is 4.56. The zero-order chi connectivity index (χ0) is 15.5. The number of hydrogen-bond acceptors (Lipinski definition) is 4. The summed E-state index contributed by atoms with van der Waals surface area (Å²) in [6, 6.07) is 6.62. The standard InChI is InChI=1S/C15H22N2O3S/c1-3-21(19,20)14-9-5-4-7-12(14)15(18)17-13-8-6-10-16-11(13)2/h4-5,7,9,11,13,16H,3,6,8,10H2,1-2H3,(H,17,18). The Labute approximate surface area is 126 Å². The normalized spacial score (nSPS) is 22.8. The third-order valence-electron chi connectivity index (χ3n) is 3.93. The Morgan fingerprint density at radius 3 is 2.76 bits per heavy atom. The Morgan fingerprint density at radius 1 is 1.38 bits per heavy atom. The van der Waals surface area contributed by atoms with Crippen molar-refractivity contribution < 1.29 is 13.2 Å². The van der Waals surface area contributed by atoms with Crippen LogP contribution in [-0.2, 0) is 9.84 Å². The molecule has 6 heteroatoms. The highest BCUT2D eigenvalue weighted by Crippen LogP contribution is 2.18. The molecule has 1 aromatic carbocycles. The molecule has 116 valence electrons. The first kappa shape index (κ1) is 16.0. The lowest BCUT2D eigenvalue weighted by Crippen LogP contribution is -2.52. The molecule has 1 aliphatic heterocycles. The van der Waals surface area contributed by atoms with E-state index in [2.05, 4.69) is 10.6 Å². The SMILES string of the molecule is CCS(=O)(=O)c1ccccc1C(=O)NC1CCCNC1C. The van der Waals surface area contributed by atoms with E-state index in [9.17, 15) is 13.2 Å². The van der Waals surface area contributed by atoms with E-state index in [-0.39, 0.29) is 34.2 Å². The molecule has 2 atom stereocenters. The summed E-state index contributed by atoms with van der Waals surface area (Å²) >= 11 is 0. The van der Waals surface area contributed by atoms with Gasteiger partial charge in [-0.05, 0) is 38.4 Å². The van der Waals surface area contributed by atoms with Gasteiger partial charge in [0, 0.05) is 12.1 Å². The minimum Gasteiger partial charge on any atom is -0.348 e. The number of carbonyl (C=O) groups excluding carboxylic acids is 1. The van der Waals surface area contributed by atoms with Gasteiger partial charge in [-0.3, -0.25) is 4.79 Å². The molecule has 1 aliphatic rings. The van der Waals surface area contributed by atoms with Gasteiger partial charge in [-0.2, -0.15) is 0 Å². The van der Waals surface area contributed by atoms with E-state index in [4.69, 9.17) is 0 Å². The summed E-state index contributed by atoms with van der Waals surface area (Å²) in [5, 5.41) is 6.27. The number of hydrogen-bond donors (Lipinski definition) is 2. The Bertz CT molecular complexity index is 613. The molecule has 1 amide bonds. The van der Waals surface area contributed by atoms with Crippen LogP contribution in [0, 0.1) is 0 Å². The Kier molecular flexibility index (Phi) is 5.00. The minimum atomic E-state index is -3.40. The van der Waals surface area contributed by atoms with Crippen LogP contribution in [0.3, 0.4) is 0 Å². The fraction of sp³-hybridized carbons (Fsp3) is 0.533. The van der Waals surface area contributed by atoms with Gasteiger partial charge in [0.05, 0.1) is 16.2 Å². The van der Waals surface area contributed by atoms with E-state index in [0.717, 1.165) is 19.4 Å². The van der Waals surface area contributed by atoms with Crippen LogP contribution in [0.15, 0.2) is 29.2 Å². The fourth-order valence-corrected chi connectivity index (χ4v) is 3.66. The molecule has 0 bridgehead atoms. The molecule has 21 heavy (non-hydrogen) atoms. The molecule has 2 unspecified atom stereocenters.